The molecule has 10 heteroatoms. The summed E-state index contributed by atoms with van der Waals surface area (Å²) in [6, 6.07) is 10.7. The van der Waals surface area contributed by atoms with E-state index in [1.165, 1.54) is 12.1 Å². The van der Waals surface area contributed by atoms with Crippen molar-refractivity contribution >= 4 is 40.9 Å². The summed E-state index contributed by atoms with van der Waals surface area (Å²) in [7, 11) is 0. The normalized spacial score (nSPS) is 11.6. The molecule has 2 rings (SSSR count). The van der Waals surface area contributed by atoms with Crippen molar-refractivity contribution in [3.05, 3.63) is 74.3 Å². The monoisotopic (exact) mass is 479 g/mol. The van der Waals surface area contributed by atoms with Crippen molar-refractivity contribution in [2.75, 3.05) is 18.6 Å². The first-order valence-electron chi connectivity index (χ1n) is 10.0. The number of carbonyl (C=O) groups is 2. The molecule has 0 radical (unpaired) electrons. The molecule has 2 amide bonds. The molecule has 0 spiro atoms. The zero-order chi connectivity index (χ0) is 23.5. The van der Waals surface area contributed by atoms with Gasteiger partial charge in [-0.3, -0.25) is 19.7 Å². The number of nitro benzene ring substituents is 1. The highest BCUT2D eigenvalue weighted by atomic mass is 35.5. The van der Waals surface area contributed by atoms with Gasteiger partial charge in [-0.1, -0.05) is 35.9 Å². The lowest BCUT2D eigenvalue weighted by Crippen LogP contribution is -2.46. The zero-order valence-electron chi connectivity index (χ0n) is 17.9. The molecule has 0 saturated carbocycles. The number of halogens is 1. The van der Waals surface area contributed by atoms with E-state index in [4.69, 9.17) is 16.3 Å². The third-order valence-electron chi connectivity index (χ3n) is 4.60. The van der Waals surface area contributed by atoms with E-state index in [1.807, 2.05) is 37.4 Å². The highest BCUT2D eigenvalue weighted by molar-refractivity contribution is 7.98. The fraction of sp³-hybridized carbons (Fsp3) is 0.364. The quantitative estimate of drug-likeness (QED) is 0.352. The summed E-state index contributed by atoms with van der Waals surface area (Å²) in [6.45, 7) is 3.43. The number of ether oxygens (including phenoxy) is 1. The average molecular weight is 480 g/mol. The molecule has 32 heavy (non-hydrogen) atoms. The van der Waals surface area contributed by atoms with Gasteiger partial charge in [0.2, 0.25) is 5.91 Å². The van der Waals surface area contributed by atoms with Crippen LogP contribution < -0.4 is 10.6 Å². The predicted octanol–water partition coefficient (Wildman–Crippen LogP) is 3.95. The topological polar surface area (TPSA) is 111 Å². The number of amides is 2. The number of nitrogens with one attached hydrogen (secondary N) is 2. The van der Waals surface area contributed by atoms with Crippen LogP contribution in [0.25, 0.3) is 0 Å². The third-order valence-corrected chi connectivity index (χ3v) is 5.56. The Labute approximate surface area is 196 Å². The van der Waals surface area contributed by atoms with Crippen LogP contribution >= 0.6 is 23.4 Å². The molecule has 0 aliphatic heterocycles. The minimum Gasteiger partial charge on any atom is -0.377 e. The van der Waals surface area contributed by atoms with Crippen molar-refractivity contribution in [2.24, 2.45) is 0 Å². The fourth-order valence-corrected chi connectivity index (χ4v) is 3.48. The van der Waals surface area contributed by atoms with E-state index in [-0.39, 0.29) is 22.2 Å². The maximum absolute atomic E-state index is 12.7. The van der Waals surface area contributed by atoms with Crippen LogP contribution in [0.3, 0.4) is 0 Å². The Kier molecular flexibility index (Phi) is 10.5. The summed E-state index contributed by atoms with van der Waals surface area (Å²) in [4.78, 5) is 35.8. The van der Waals surface area contributed by atoms with Crippen molar-refractivity contribution in [3.63, 3.8) is 0 Å². The van der Waals surface area contributed by atoms with E-state index < -0.39 is 16.9 Å². The maximum Gasteiger partial charge on any atom is 0.288 e. The van der Waals surface area contributed by atoms with Gasteiger partial charge in [-0.05, 0) is 48.6 Å². The Hall–Kier alpha value is -2.62. The van der Waals surface area contributed by atoms with Crippen LogP contribution in [0.5, 0.6) is 0 Å². The first-order chi connectivity index (χ1) is 15.3. The number of rotatable bonds is 12. The average Bonchev–Trinajstić information content (AvgIpc) is 2.79. The summed E-state index contributed by atoms with van der Waals surface area (Å²) in [5.41, 5.74) is 1.66. The van der Waals surface area contributed by atoms with E-state index in [0.29, 0.717) is 31.9 Å². The van der Waals surface area contributed by atoms with Crippen molar-refractivity contribution in [2.45, 2.75) is 32.5 Å². The Bertz CT molecular complexity index is 940. The Balaban J connectivity index is 2.02. The van der Waals surface area contributed by atoms with Crippen LogP contribution in [-0.2, 0) is 22.7 Å². The number of thioether (sulfide) groups is 1. The molecule has 0 fully saturated rings. The van der Waals surface area contributed by atoms with Gasteiger partial charge < -0.3 is 15.4 Å². The molecule has 1 atom stereocenters. The van der Waals surface area contributed by atoms with Crippen LogP contribution in [-0.4, -0.2) is 41.4 Å². The summed E-state index contributed by atoms with van der Waals surface area (Å²) in [6.07, 6.45) is 2.32. The molecule has 0 aromatic heterocycles. The van der Waals surface area contributed by atoms with Gasteiger partial charge in [-0.2, -0.15) is 11.8 Å². The fourth-order valence-electron chi connectivity index (χ4n) is 2.83. The molecule has 2 aromatic carbocycles. The molecule has 0 saturated heterocycles. The van der Waals surface area contributed by atoms with Crippen molar-refractivity contribution in [1.29, 1.82) is 0 Å². The number of benzene rings is 2. The second kappa shape index (κ2) is 13.0. The summed E-state index contributed by atoms with van der Waals surface area (Å²) in [5, 5.41) is 16.5. The van der Waals surface area contributed by atoms with Crippen LogP contribution in [0.2, 0.25) is 5.02 Å². The Morgan fingerprint density at radius 2 is 1.88 bits per heavy atom. The van der Waals surface area contributed by atoms with E-state index in [9.17, 15) is 19.7 Å². The Morgan fingerprint density at radius 1 is 1.19 bits per heavy atom. The second-order valence-corrected chi connectivity index (χ2v) is 8.30. The van der Waals surface area contributed by atoms with Crippen LogP contribution in [0, 0.1) is 10.1 Å². The molecule has 2 N–H and O–H groups in total. The maximum atomic E-state index is 12.7. The lowest BCUT2D eigenvalue weighted by atomic mass is 10.1. The van der Waals surface area contributed by atoms with Crippen LogP contribution in [0.4, 0.5) is 5.69 Å². The molecular weight excluding hydrogens is 454 g/mol. The van der Waals surface area contributed by atoms with E-state index in [1.54, 1.807) is 11.8 Å². The number of hydrogen-bond acceptors (Lipinski definition) is 6. The van der Waals surface area contributed by atoms with Crippen molar-refractivity contribution in [1.82, 2.24) is 10.6 Å². The van der Waals surface area contributed by atoms with Crippen LogP contribution in [0.15, 0.2) is 42.5 Å². The zero-order valence-corrected chi connectivity index (χ0v) is 19.5. The first kappa shape index (κ1) is 25.6. The molecule has 0 aliphatic rings. The minimum atomic E-state index is -0.776. The second-order valence-electron chi connectivity index (χ2n) is 6.90. The summed E-state index contributed by atoms with van der Waals surface area (Å²) >= 11 is 7.36. The van der Waals surface area contributed by atoms with Crippen LogP contribution in [0.1, 0.15) is 34.8 Å². The molecule has 1 unspecified atom stereocenters. The van der Waals surface area contributed by atoms with Gasteiger partial charge in [0.1, 0.15) is 11.1 Å². The highest BCUT2D eigenvalue weighted by Crippen LogP contribution is 2.25. The van der Waals surface area contributed by atoms with E-state index in [0.717, 1.165) is 17.2 Å². The largest absolute Gasteiger partial charge is 0.377 e. The van der Waals surface area contributed by atoms with E-state index in [2.05, 4.69) is 10.6 Å². The summed E-state index contributed by atoms with van der Waals surface area (Å²) < 4.78 is 5.37. The molecular formula is C22H26ClN3O5S. The number of nitrogens with zero attached hydrogens (tertiary/aromatic N) is 1. The van der Waals surface area contributed by atoms with Gasteiger partial charge in [0.25, 0.3) is 11.6 Å². The number of hydrogen-bond donors (Lipinski definition) is 2. The van der Waals surface area contributed by atoms with Gasteiger partial charge >= 0.3 is 0 Å². The minimum absolute atomic E-state index is 0.0597. The molecule has 0 aliphatic carbocycles. The van der Waals surface area contributed by atoms with Crippen molar-refractivity contribution < 1.29 is 19.2 Å². The SMILES string of the molecule is CCOCc1ccc(CNC(=O)C(CCSC)NC(=O)c2ccc(Cl)c([N+](=O)[O-])c2)cc1. The van der Waals surface area contributed by atoms with Gasteiger partial charge in [-0.25, -0.2) is 0 Å². The number of nitro groups is 1. The molecule has 2 aromatic rings. The van der Waals surface area contributed by atoms with Crippen molar-refractivity contribution in [3.8, 4) is 0 Å². The predicted molar refractivity (Wildman–Crippen MR) is 126 cm³/mol. The molecule has 0 bridgehead atoms. The van der Waals surface area contributed by atoms with Gasteiger partial charge in [0.15, 0.2) is 0 Å². The van der Waals surface area contributed by atoms with Gasteiger partial charge in [-0.15, -0.1) is 0 Å². The van der Waals surface area contributed by atoms with Gasteiger partial charge in [0.05, 0.1) is 11.5 Å². The third kappa shape index (κ3) is 7.81. The molecule has 172 valence electrons. The first-order valence-corrected chi connectivity index (χ1v) is 11.8. The summed E-state index contributed by atoms with van der Waals surface area (Å²) in [5.74, 6) is -0.244. The smallest absolute Gasteiger partial charge is 0.288 e. The molecule has 8 nitrogen and oxygen atoms in total. The standard InChI is InChI=1S/C22H26ClN3O5S/c1-3-31-14-16-6-4-15(5-7-16)13-24-22(28)19(10-11-32-2)25-21(27)17-8-9-18(23)20(12-17)26(29)30/h4-9,12,19H,3,10-11,13-14H2,1-2H3,(H,24,28)(H,25,27). The number of carbonyl (C=O) groups excluding carboxylic acids is 2. The van der Waals surface area contributed by atoms with Gasteiger partial charge in [0, 0.05) is 24.8 Å². The lowest BCUT2D eigenvalue weighted by molar-refractivity contribution is -0.384. The Morgan fingerprint density at radius 3 is 2.50 bits per heavy atom. The molecule has 0 heterocycles. The highest BCUT2D eigenvalue weighted by Gasteiger charge is 2.23. The lowest BCUT2D eigenvalue weighted by Gasteiger charge is -2.18. The van der Waals surface area contributed by atoms with E-state index >= 15 is 0 Å².